The van der Waals surface area contributed by atoms with E-state index in [1.807, 2.05) is 26.0 Å². The van der Waals surface area contributed by atoms with Crippen LogP contribution in [0.25, 0.3) is 0 Å². The van der Waals surface area contributed by atoms with Crippen molar-refractivity contribution in [1.29, 1.82) is 0 Å². The summed E-state index contributed by atoms with van der Waals surface area (Å²) < 4.78 is 38.9. The number of halogens is 2. The summed E-state index contributed by atoms with van der Waals surface area (Å²) in [6.07, 6.45) is 2.59. The number of alkyl halides is 2. The van der Waals surface area contributed by atoms with Crippen molar-refractivity contribution >= 4 is 11.7 Å². The van der Waals surface area contributed by atoms with Crippen molar-refractivity contribution in [1.82, 2.24) is 14.7 Å². The largest absolute Gasteiger partial charge is 0.497 e. The molecule has 1 aliphatic heterocycles. The topological polar surface area (TPSA) is 68.6 Å². The molecule has 4 rings (SSSR count). The Kier molecular flexibility index (Phi) is 4.20. The molecular formula is C19H22F2N4O3. The summed E-state index contributed by atoms with van der Waals surface area (Å²) in [5.74, 6) is -1.37. The van der Waals surface area contributed by atoms with Crippen LogP contribution in [0.5, 0.6) is 11.5 Å². The zero-order valence-electron chi connectivity index (χ0n) is 15.9. The molecule has 9 heteroatoms. The van der Waals surface area contributed by atoms with Gasteiger partial charge in [0.2, 0.25) is 0 Å². The molecule has 1 unspecified atom stereocenters. The molecule has 1 aromatic carbocycles. The number of benzene rings is 1. The first-order valence-electron chi connectivity index (χ1n) is 9.01. The zero-order valence-corrected chi connectivity index (χ0v) is 15.9. The number of carbonyl (C=O) groups is 1. The SMILES string of the molecule is COc1ccc2c(c1)OC(C)(C)CN(C(=O)Nc1cnn(C3CC3(F)F)c1)C2. The molecular weight excluding hydrogens is 370 g/mol. The number of hydrogen-bond donors (Lipinski definition) is 1. The number of carbonyl (C=O) groups excluding carboxylic acids is 1. The zero-order chi connectivity index (χ0) is 20.1. The molecule has 0 radical (unpaired) electrons. The van der Waals surface area contributed by atoms with E-state index < -0.39 is 17.6 Å². The summed E-state index contributed by atoms with van der Waals surface area (Å²) >= 11 is 0. The second kappa shape index (κ2) is 6.35. The standard InChI is InChI=1S/C19H22F2N4O3/c1-18(2)11-24(9-12-4-5-14(27-3)6-15(12)28-18)17(26)23-13-8-22-25(10-13)16-7-19(16,20)21/h4-6,8,10,16H,7,9,11H2,1-3H3,(H,23,26). The van der Waals surface area contributed by atoms with Crippen LogP contribution in [-0.2, 0) is 6.54 Å². The number of urea groups is 1. The molecule has 2 aromatic rings. The van der Waals surface area contributed by atoms with E-state index >= 15 is 0 Å². The van der Waals surface area contributed by atoms with Gasteiger partial charge in [0.05, 0.1) is 32.1 Å². The highest BCUT2D eigenvalue weighted by atomic mass is 19.3. The molecule has 2 heterocycles. The van der Waals surface area contributed by atoms with Gasteiger partial charge in [0.25, 0.3) is 5.92 Å². The Balaban J connectivity index is 1.50. The highest BCUT2D eigenvalue weighted by Crippen LogP contribution is 2.52. The molecule has 0 bridgehead atoms. The van der Waals surface area contributed by atoms with E-state index in [4.69, 9.17) is 9.47 Å². The fraction of sp³-hybridized carbons (Fsp3) is 0.474. The third kappa shape index (κ3) is 3.61. The van der Waals surface area contributed by atoms with E-state index in [0.717, 1.165) is 5.56 Å². The van der Waals surface area contributed by atoms with Crippen LogP contribution in [0.4, 0.5) is 19.3 Å². The number of amides is 2. The minimum absolute atomic E-state index is 0.222. The van der Waals surface area contributed by atoms with Gasteiger partial charge in [-0.15, -0.1) is 0 Å². The monoisotopic (exact) mass is 392 g/mol. The molecule has 2 aliphatic rings. The minimum atomic E-state index is -2.72. The van der Waals surface area contributed by atoms with Crippen LogP contribution in [0.1, 0.15) is 31.9 Å². The normalized spacial score (nSPS) is 21.9. The number of rotatable bonds is 3. The average Bonchev–Trinajstić information content (AvgIpc) is 3.06. The molecule has 150 valence electrons. The quantitative estimate of drug-likeness (QED) is 0.865. The molecule has 28 heavy (non-hydrogen) atoms. The molecule has 1 aliphatic carbocycles. The Morgan fingerprint density at radius 2 is 2.14 bits per heavy atom. The summed E-state index contributed by atoms with van der Waals surface area (Å²) in [6, 6.07) is 4.21. The first kappa shape index (κ1) is 18.5. The van der Waals surface area contributed by atoms with Gasteiger partial charge in [-0.25, -0.2) is 13.6 Å². The van der Waals surface area contributed by atoms with E-state index in [9.17, 15) is 13.6 Å². The van der Waals surface area contributed by atoms with Crippen LogP contribution in [0, 0.1) is 0 Å². The average molecular weight is 392 g/mol. The fourth-order valence-electron chi connectivity index (χ4n) is 3.34. The lowest BCUT2D eigenvalue weighted by atomic mass is 10.1. The predicted molar refractivity (Wildman–Crippen MR) is 98.0 cm³/mol. The lowest BCUT2D eigenvalue weighted by Gasteiger charge is -2.29. The first-order chi connectivity index (χ1) is 13.2. The minimum Gasteiger partial charge on any atom is -0.497 e. The molecule has 7 nitrogen and oxygen atoms in total. The summed E-state index contributed by atoms with van der Waals surface area (Å²) in [7, 11) is 1.58. The summed E-state index contributed by atoms with van der Waals surface area (Å²) in [5.41, 5.74) is 0.621. The summed E-state index contributed by atoms with van der Waals surface area (Å²) in [4.78, 5) is 14.4. The highest BCUT2D eigenvalue weighted by molar-refractivity contribution is 5.89. The molecule has 0 saturated heterocycles. The Hall–Kier alpha value is -2.84. The van der Waals surface area contributed by atoms with E-state index in [2.05, 4.69) is 10.4 Å². The summed E-state index contributed by atoms with van der Waals surface area (Å²) in [5, 5.41) is 6.68. The number of methoxy groups -OCH3 is 1. The van der Waals surface area contributed by atoms with Crippen LogP contribution in [-0.4, -0.2) is 45.9 Å². The summed E-state index contributed by atoms with van der Waals surface area (Å²) in [6.45, 7) is 4.50. The third-order valence-corrected chi connectivity index (χ3v) is 4.85. The number of nitrogens with zero attached hydrogens (tertiary/aromatic N) is 3. The van der Waals surface area contributed by atoms with Crippen molar-refractivity contribution in [3.63, 3.8) is 0 Å². The molecule has 0 spiro atoms. The van der Waals surface area contributed by atoms with Crippen LogP contribution in [0.2, 0.25) is 0 Å². The van der Waals surface area contributed by atoms with E-state index in [1.165, 1.54) is 17.1 Å². The van der Waals surface area contributed by atoms with Crippen LogP contribution >= 0.6 is 0 Å². The number of fused-ring (bicyclic) bond motifs is 1. The van der Waals surface area contributed by atoms with Gasteiger partial charge in [-0.1, -0.05) is 0 Å². The maximum Gasteiger partial charge on any atom is 0.322 e. The van der Waals surface area contributed by atoms with Gasteiger partial charge in [-0.05, 0) is 26.0 Å². The Labute approximate surface area is 161 Å². The molecule has 1 fully saturated rings. The van der Waals surface area contributed by atoms with E-state index in [0.29, 0.717) is 30.3 Å². The molecule has 1 N–H and O–H groups in total. The fourth-order valence-corrected chi connectivity index (χ4v) is 3.34. The molecule has 1 atom stereocenters. The second-order valence-electron chi connectivity index (χ2n) is 7.81. The van der Waals surface area contributed by atoms with Crippen molar-refractivity contribution in [3.8, 4) is 11.5 Å². The predicted octanol–water partition coefficient (Wildman–Crippen LogP) is 3.68. The van der Waals surface area contributed by atoms with Gasteiger partial charge >= 0.3 is 6.03 Å². The van der Waals surface area contributed by atoms with Crippen molar-refractivity contribution < 1.29 is 23.0 Å². The number of aromatic nitrogens is 2. The van der Waals surface area contributed by atoms with Crippen LogP contribution in [0.15, 0.2) is 30.6 Å². The second-order valence-corrected chi connectivity index (χ2v) is 7.81. The maximum absolute atomic E-state index is 13.2. The highest BCUT2D eigenvalue weighted by Gasteiger charge is 2.59. The Morgan fingerprint density at radius 3 is 2.82 bits per heavy atom. The molecule has 2 amide bonds. The number of nitrogens with one attached hydrogen (secondary N) is 1. The maximum atomic E-state index is 13.2. The Bertz CT molecular complexity index is 912. The first-order valence-corrected chi connectivity index (χ1v) is 9.01. The van der Waals surface area contributed by atoms with Gasteiger partial charge in [0.1, 0.15) is 23.1 Å². The van der Waals surface area contributed by atoms with E-state index in [-0.39, 0.29) is 12.5 Å². The number of anilines is 1. The third-order valence-electron chi connectivity index (χ3n) is 4.85. The van der Waals surface area contributed by atoms with Crippen molar-refractivity contribution in [2.24, 2.45) is 0 Å². The lowest BCUT2D eigenvalue weighted by Crippen LogP contribution is -2.44. The smallest absolute Gasteiger partial charge is 0.322 e. The van der Waals surface area contributed by atoms with Gasteiger partial charge in [-0.2, -0.15) is 5.10 Å². The van der Waals surface area contributed by atoms with Crippen molar-refractivity contribution in [3.05, 3.63) is 36.2 Å². The van der Waals surface area contributed by atoms with Gasteiger partial charge < -0.3 is 19.7 Å². The van der Waals surface area contributed by atoms with Gasteiger partial charge in [0, 0.05) is 24.2 Å². The Morgan fingerprint density at radius 1 is 1.39 bits per heavy atom. The van der Waals surface area contributed by atoms with E-state index in [1.54, 1.807) is 18.1 Å². The molecule has 1 saturated carbocycles. The van der Waals surface area contributed by atoms with Crippen LogP contribution in [0.3, 0.4) is 0 Å². The van der Waals surface area contributed by atoms with Crippen molar-refractivity contribution in [2.75, 3.05) is 19.0 Å². The number of ether oxygens (including phenoxy) is 2. The number of hydrogen-bond acceptors (Lipinski definition) is 4. The van der Waals surface area contributed by atoms with Crippen molar-refractivity contribution in [2.45, 2.75) is 44.4 Å². The molecule has 1 aromatic heterocycles. The van der Waals surface area contributed by atoms with Crippen LogP contribution < -0.4 is 14.8 Å². The van der Waals surface area contributed by atoms with Gasteiger partial charge in [0.15, 0.2) is 0 Å². The van der Waals surface area contributed by atoms with Gasteiger partial charge in [-0.3, -0.25) is 4.68 Å². The lowest BCUT2D eigenvalue weighted by molar-refractivity contribution is 0.0833.